The molecule has 4 aliphatic rings. The normalized spacial score (nSPS) is 25.7. The number of aromatic amines is 1. The molecule has 0 spiro atoms. The first-order valence-electron chi connectivity index (χ1n) is 28.0. The number of aromatic nitrogens is 1. The fourth-order valence-corrected chi connectivity index (χ4v) is 11.3. The summed E-state index contributed by atoms with van der Waals surface area (Å²) in [6.45, 7) is 6.99. The fourth-order valence-electron chi connectivity index (χ4n) is 10.2. The number of rotatable bonds is 19. The van der Waals surface area contributed by atoms with Gasteiger partial charge < -0.3 is 67.5 Å². The number of hydrogen-bond acceptors (Lipinski definition) is 18. The number of benzene rings is 1. The van der Waals surface area contributed by atoms with Crippen LogP contribution in [0.5, 0.6) is 0 Å². The second kappa shape index (κ2) is 28.9. The van der Waals surface area contributed by atoms with Crippen LogP contribution >= 0.6 is 11.8 Å². The summed E-state index contributed by atoms with van der Waals surface area (Å²) < 4.78 is 0. The van der Waals surface area contributed by atoms with Gasteiger partial charge in [-0.05, 0) is 77.1 Å². The van der Waals surface area contributed by atoms with Crippen molar-refractivity contribution in [3.8, 4) is 0 Å². The van der Waals surface area contributed by atoms with E-state index < -0.39 is 162 Å². The Labute approximate surface area is 488 Å². The smallest absolute Gasteiger partial charge is 0.253 e. The van der Waals surface area contributed by atoms with Crippen LogP contribution in [0.3, 0.4) is 0 Å². The van der Waals surface area contributed by atoms with Crippen molar-refractivity contribution in [1.82, 2.24) is 52.0 Å². The molecule has 2 aromatic rings. The van der Waals surface area contributed by atoms with Crippen molar-refractivity contribution in [2.45, 2.75) is 171 Å². The molecule has 1 aromatic carbocycles. The van der Waals surface area contributed by atoms with E-state index in [2.05, 4.69) is 42.2 Å². The minimum absolute atomic E-state index is 0.0256. The van der Waals surface area contributed by atoms with Crippen molar-refractivity contribution < 1.29 is 82.8 Å². The zero-order valence-electron chi connectivity index (χ0n) is 47.7. The zero-order valence-corrected chi connectivity index (χ0v) is 48.6. The number of fused-ring (bicyclic) bond motifs is 5. The van der Waals surface area contributed by atoms with Gasteiger partial charge in [-0.2, -0.15) is 0 Å². The predicted molar refractivity (Wildman–Crippen MR) is 299 cm³/mol. The van der Waals surface area contributed by atoms with Crippen LogP contribution in [0.25, 0.3) is 10.9 Å². The lowest BCUT2D eigenvalue weighted by Gasteiger charge is -2.31. The number of aliphatic hydroxyl groups is 4. The molecule has 458 valence electrons. The number of H-pyrrole nitrogens is 1. The lowest BCUT2D eigenvalue weighted by molar-refractivity contribution is -0.142. The third-order valence-electron chi connectivity index (χ3n) is 15.2. The van der Waals surface area contributed by atoms with Crippen molar-refractivity contribution in [2.75, 3.05) is 32.0 Å². The van der Waals surface area contributed by atoms with Gasteiger partial charge in [0, 0.05) is 105 Å². The highest BCUT2D eigenvalue weighted by molar-refractivity contribution is 7.99. The van der Waals surface area contributed by atoms with Crippen molar-refractivity contribution in [2.24, 2.45) is 11.8 Å². The Hall–Kier alpha value is -7.40. The van der Waals surface area contributed by atoms with E-state index in [0.717, 1.165) is 33.7 Å². The number of nitrogens with zero attached hydrogens (tertiary/aromatic N) is 2. The standard InChI is InChI=1S/C56H76N10O17S/c1-27(17-42(71)28(2)58-44(73)10-8-16-65-45(74)13-14-46(65)75)48(76)57-15-7-9-34(69)18-32-11-12-38-36(19-32)37-20-33-21-43(72)29(3)59-52(80)41-22-35(70)24-66(41)55(82)40(25-84-54(37)63-38)62-53(81)47(31(5)68)64-49(77)30(4)60-51(79)39(61-50(33)78)23-56(6,83)26-67/h11-14,19,27-31,33,35,39-41,47,63,67-68,70,83H,7-10,15-18,20-26H2,1-6H3,(H,57,76)(H,58,73)(H,59,80)(H,60,79)(H,61,78)(H,62,81)(H,64,77)/t27?,28?,29-,30-,31?,33+,35+,39-,40+,41-,47+,56+/m0/s1. The highest BCUT2D eigenvalue weighted by atomic mass is 32.2. The van der Waals surface area contributed by atoms with Crippen LogP contribution in [0.15, 0.2) is 35.4 Å². The molecule has 84 heavy (non-hydrogen) atoms. The maximum absolute atomic E-state index is 14.8. The molecule has 10 amide bonds. The van der Waals surface area contributed by atoms with Crippen LogP contribution < -0.4 is 37.2 Å². The minimum atomic E-state index is -1.98. The molecule has 1 fully saturated rings. The minimum Gasteiger partial charge on any atom is -0.393 e. The number of Topliss-reactive ketones (excluding diaryl/α,β-unsaturated/α-hetero) is 3. The molecule has 5 heterocycles. The molecule has 12 atom stereocenters. The van der Waals surface area contributed by atoms with Crippen LogP contribution in [0, 0.1) is 11.8 Å². The molecule has 1 saturated heterocycles. The third-order valence-corrected chi connectivity index (χ3v) is 16.3. The summed E-state index contributed by atoms with van der Waals surface area (Å²) in [5.41, 5.74) is -0.576. The summed E-state index contributed by atoms with van der Waals surface area (Å²) in [5.74, 6) is -11.1. The Morgan fingerprint density at radius 3 is 2.20 bits per heavy atom. The largest absolute Gasteiger partial charge is 0.393 e. The van der Waals surface area contributed by atoms with Crippen LogP contribution in [-0.4, -0.2) is 204 Å². The average molecular weight is 1190 g/mol. The number of amides is 10. The summed E-state index contributed by atoms with van der Waals surface area (Å²) >= 11 is 1.01. The number of ketones is 3. The second-order valence-corrected chi connectivity index (χ2v) is 23.5. The van der Waals surface area contributed by atoms with Gasteiger partial charge >= 0.3 is 0 Å². The first-order chi connectivity index (χ1) is 39.5. The maximum Gasteiger partial charge on any atom is 0.253 e. The molecule has 1 aromatic heterocycles. The molecule has 28 heteroatoms. The van der Waals surface area contributed by atoms with Crippen molar-refractivity contribution in [1.29, 1.82) is 0 Å². The number of imide groups is 1. The molecular formula is C56H76N10O17S. The van der Waals surface area contributed by atoms with Gasteiger partial charge in [-0.15, -0.1) is 11.8 Å². The first-order valence-corrected chi connectivity index (χ1v) is 29.0. The van der Waals surface area contributed by atoms with Gasteiger partial charge in [0.25, 0.3) is 11.8 Å². The SMILES string of the molecule is CC(CC(=O)C(C)NC(=O)CCCN1C(=O)C=CC1=O)C(=O)NCCCC(=O)Cc1ccc2[nH]c3c(c2c1)C[C@@H]1CC(=O)[C@H](C)NC(=O)[C@@H]2C[C@@H](O)CN2C(=O)[C@@H](CS3)NC(=O)[C@@H](C(C)O)NC(=O)[C@H](C)NC(=O)[C@H](C[C@@](C)(O)CO)NC1=O. The van der Waals surface area contributed by atoms with Gasteiger partial charge in [-0.3, -0.25) is 67.2 Å². The van der Waals surface area contributed by atoms with E-state index in [4.69, 9.17) is 0 Å². The maximum atomic E-state index is 14.8. The monoisotopic (exact) mass is 1190 g/mol. The predicted octanol–water partition coefficient (Wildman–Crippen LogP) is -2.84. The second-order valence-electron chi connectivity index (χ2n) is 22.5. The van der Waals surface area contributed by atoms with E-state index in [1.807, 2.05) is 0 Å². The highest BCUT2D eigenvalue weighted by Gasteiger charge is 2.44. The molecule has 4 aliphatic heterocycles. The lowest BCUT2D eigenvalue weighted by atomic mass is 9.89. The topological polar surface area (TPSA) is 409 Å². The Morgan fingerprint density at radius 2 is 1.52 bits per heavy atom. The van der Waals surface area contributed by atoms with E-state index in [-0.39, 0.29) is 82.5 Å². The molecule has 27 nitrogen and oxygen atoms in total. The molecule has 12 N–H and O–H groups in total. The molecule has 3 unspecified atom stereocenters. The van der Waals surface area contributed by atoms with Crippen LogP contribution in [-0.2, 0) is 75.2 Å². The zero-order chi connectivity index (χ0) is 61.9. The molecule has 0 radical (unpaired) electrons. The Morgan fingerprint density at radius 1 is 0.833 bits per heavy atom. The Kier molecular flexibility index (Phi) is 22.6. The van der Waals surface area contributed by atoms with Gasteiger partial charge in [0.1, 0.15) is 36.0 Å². The van der Waals surface area contributed by atoms with Gasteiger partial charge in [0.15, 0.2) is 11.6 Å². The summed E-state index contributed by atoms with van der Waals surface area (Å²) in [6, 6.07) is -4.80. The van der Waals surface area contributed by atoms with Crippen molar-refractivity contribution >= 4 is 99.1 Å². The van der Waals surface area contributed by atoms with Crippen molar-refractivity contribution in [3.05, 3.63) is 41.5 Å². The van der Waals surface area contributed by atoms with Crippen LogP contribution in [0.2, 0.25) is 0 Å². The van der Waals surface area contributed by atoms with Gasteiger partial charge in [-0.25, -0.2) is 0 Å². The molecule has 6 rings (SSSR count). The van der Waals surface area contributed by atoms with Gasteiger partial charge in [0.2, 0.25) is 47.3 Å². The van der Waals surface area contributed by atoms with Crippen LogP contribution in [0.1, 0.15) is 104 Å². The van der Waals surface area contributed by atoms with Gasteiger partial charge in [0.05, 0.1) is 41.5 Å². The number of carbonyl (C=O) groups is 13. The lowest BCUT2D eigenvalue weighted by Crippen LogP contribution is -2.61. The summed E-state index contributed by atoms with van der Waals surface area (Å²) in [6.07, 6.45) is -2.02. The molecular weight excluding hydrogens is 1120 g/mol. The molecule has 0 saturated carbocycles. The van der Waals surface area contributed by atoms with E-state index in [1.54, 1.807) is 25.1 Å². The Bertz CT molecular complexity index is 2930. The number of thioether (sulfide) groups is 1. The molecule has 2 bridgehead atoms. The number of aliphatic hydroxyl groups excluding tert-OH is 3. The van der Waals surface area contributed by atoms with Crippen molar-refractivity contribution in [3.63, 3.8) is 0 Å². The number of nitrogens with one attached hydrogen (secondary N) is 8. The fraction of sp³-hybridized carbons (Fsp3) is 0.589. The third kappa shape index (κ3) is 17.4. The Balaban J connectivity index is 1.24. The van der Waals surface area contributed by atoms with E-state index in [9.17, 15) is 82.8 Å². The summed E-state index contributed by atoms with van der Waals surface area (Å²) in [4.78, 5) is 180. The van der Waals surface area contributed by atoms with Crippen LogP contribution in [0.4, 0.5) is 0 Å². The average Bonchev–Trinajstić information content (AvgIpc) is 2.56. The summed E-state index contributed by atoms with van der Waals surface area (Å²) in [5, 5.41) is 61.5. The van der Waals surface area contributed by atoms with Gasteiger partial charge in [-0.1, -0.05) is 13.0 Å². The number of hydrogen-bond donors (Lipinski definition) is 12. The quantitative estimate of drug-likeness (QED) is 0.0498. The van der Waals surface area contributed by atoms with E-state index in [0.29, 0.717) is 27.1 Å². The molecule has 0 aliphatic carbocycles. The highest BCUT2D eigenvalue weighted by Crippen LogP contribution is 2.35. The van der Waals surface area contributed by atoms with E-state index >= 15 is 0 Å². The summed E-state index contributed by atoms with van der Waals surface area (Å²) in [7, 11) is 0. The first kappa shape index (κ1) is 65.7. The van der Waals surface area contributed by atoms with E-state index in [1.165, 1.54) is 34.6 Å². The number of carbonyl (C=O) groups excluding carboxylic acids is 13.